The van der Waals surface area contributed by atoms with Crippen LogP contribution in [0.15, 0.2) is 168 Å². The van der Waals surface area contributed by atoms with Crippen LogP contribution in [0, 0.1) is 0 Å². The van der Waals surface area contributed by atoms with E-state index >= 15 is 0 Å². The third-order valence-electron chi connectivity index (χ3n) is 9.40. The van der Waals surface area contributed by atoms with E-state index in [1.54, 1.807) is 0 Å². The Morgan fingerprint density at radius 1 is 0.458 bits per heavy atom. The molecule has 10 rings (SSSR count). The Kier molecular flexibility index (Phi) is 5.84. The molecule has 0 aliphatic carbocycles. The zero-order valence-electron chi connectivity index (χ0n) is 25.8. The van der Waals surface area contributed by atoms with Crippen molar-refractivity contribution < 1.29 is 4.42 Å². The third kappa shape index (κ3) is 4.03. The molecular weight excluding hydrogens is 587 g/mol. The van der Waals surface area contributed by atoms with Gasteiger partial charge in [0.05, 0.1) is 27.6 Å². The summed E-state index contributed by atoms with van der Waals surface area (Å²) in [5.41, 5.74) is 11.2. The van der Waals surface area contributed by atoms with Gasteiger partial charge in [0.2, 0.25) is 0 Å². The van der Waals surface area contributed by atoms with E-state index in [2.05, 4.69) is 144 Å². The average Bonchev–Trinajstić information content (AvgIpc) is 3.71. The Balaban J connectivity index is 1.20. The zero-order valence-corrected chi connectivity index (χ0v) is 25.8. The number of nitrogens with zero attached hydrogens (tertiary/aromatic N) is 3. The number of rotatable bonds is 4. The van der Waals surface area contributed by atoms with Crippen molar-refractivity contribution in [3.8, 4) is 39.5 Å². The molecule has 0 saturated carbocycles. The summed E-state index contributed by atoms with van der Waals surface area (Å²) in [6.07, 6.45) is 0. The highest BCUT2D eigenvalue weighted by Gasteiger charge is 2.20. The molecule has 224 valence electrons. The smallest absolute Gasteiger partial charge is 0.160 e. The average molecular weight is 614 g/mol. The van der Waals surface area contributed by atoms with Gasteiger partial charge >= 0.3 is 0 Å². The van der Waals surface area contributed by atoms with Gasteiger partial charge in [-0.2, -0.15) is 0 Å². The topological polar surface area (TPSA) is 43.9 Å². The predicted octanol–water partition coefficient (Wildman–Crippen LogP) is 11.6. The number of aromatic nitrogens is 3. The van der Waals surface area contributed by atoms with Gasteiger partial charge in [-0.05, 0) is 59.7 Å². The molecule has 48 heavy (non-hydrogen) atoms. The SMILES string of the molecule is c1ccc(-c2nc(-c3cccc(-c4cccc5c4c4ccccc4n5-c4ccccc4)c3)nc3ccc4c5ccccc5oc4c23)cc1. The van der Waals surface area contributed by atoms with Crippen LogP contribution in [0.3, 0.4) is 0 Å². The molecule has 3 heterocycles. The summed E-state index contributed by atoms with van der Waals surface area (Å²) >= 11 is 0. The molecular formula is C44H27N3O. The van der Waals surface area contributed by atoms with Gasteiger partial charge in [-0.25, -0.2) is 9.97 Å². The molecule has 10 aromatic rings. The highest BCUT2D eigenvalue weighted by molar-refractivity contribution is 6.18. The Morgan fingerprint density at radius 2 is 1.15 bits per heavy atom. The van der Waals surface area contributed by atoms with E-state index < -0.39 is 0 Å². The van der Waals surface area contributed by atoms with E-state index in [0.717, 1.165) is 60.9 Å². The molecule has 0 saturated heterocycles. The molecule has 0 atom stereocenters. The van der Waals surface area contributed by atoms with Crippen molar-refractivity contribution in [2.75, 3.05) is 0 Å². The van der Waals surface area contributed by atoms with Crippen LogP contribution in [-0.4, -0.2) is 14.5 Å². The summed E-state index contributed by atoms with van der Waals surface area (Å²) in [5, 5.41) is 5.53. The molecule has 0 fully saturated rings. The molecule has 4 heteroatoms. The van der Waals surface area contributed by atoms with Crippen molar-refractivity contribution in [1.82, 2.24) is 14.5 Å². The molecule has 0 aliphatic rings. The summed E-state index contributed by atoms with van der Waals surface area (Å²) in [6, 6.07) is 57.2. The highest BCUT2D eigenvalue weighted by Crippen LogP contribution is 2.41. The van der Waals surface area contributed by atoms with Crippen LogP contribution in [0.2, 0.25) is 0 Å². The number of furan rings is 1. The summed E-state index contributed by atoms with van der Waals surface area (Å²) in [7, 11) is 0. The summed E-state index contributed by atoms with van der Waals surface area (Å²) in [5.74, 6) is 0.678. The first-order valence-corrected chi connectivity index (χ1v) is 16.2. The van der Waals surface area contributed by atoms with Crippen molar-refractivity contribution >= 4 is 54.6 Å². The number of fused-ring (bicyclic) bond motifs is 8. The van der Waals surface area contributed by atoms with Crippen molar-refractivity contribution in [1.29, 1.82) is 0 Å². The van der Waals surface area contributed by atoms with Crippen LogP contribution < -0.4 is 0 Å². The van der Waals surface area contributed by atoms with Gasteiger partial charge in [0.15, 0.2) is 5.82 Å². The molecule has 0 unspecified atom stereocenters. The Hall–Kier alpha value is -6.52. The van der Waals surface area contributed by atoms with Crippen LogP contribution in [0.25, 0.3) is 94.1 Å². The molecule has 0 N–H and O–H groups in total. The minimum Gasteiger partial charge on any atom is -0.455 e. The molecule has 7 aromatic carbocycles. The fourth-order valence-corrected chi connectivity index (χ4v) is 7.28. The molecule has 0 aliphatic heterocycles. The van der Waals surface area contributed by atoms with E-state index in [0.29, 0.717) is 5.82 Å². The molecule has 0 amide bonds. The monoisotopic (exact) mass is 613 g/mol. The number of benzene rings is 7. The summed E-state index contributed by atoms with van der Waals surface area (Å²) in [4.78, 5) is 10.4. The van der Waals surface area contributed by atoms with Gasteiger partial charge in [0.1, 0.15) is 11.2 Å². The lowest BCUT2D eigenvalue weighted by molar-refractivity contribution is 0.672. The van der Waals surface area contributed by atoms with Crippen molar-refractivity contribution in [3.63, 3.8) is 0 Å². The molecule has 4 nitrogen and oxygen atoms in total. The predicted molar refractivity (Wildman–Crippen MR) is 197 cm³/mol. The molecule has 0 radical (unpaired) electrons. The van der Waals surface area contributed by atoms with E-state index in [-0.39, 0.29) is 0 Å². The Morgan fingerprint density at radius 3 is 2.02 bits per heavy atom. The fourth-order valence-electron chi connectivity index (χ4n) is 7.28. The summed E-state index contributed by atoms with van der Waals surface area (Å²) < 4.78 is 8.83. The minimum atomic E-state index is 0.678. The highest BCUT2D eigenvalue weighted by atomic mass is 16.3. The van der Waals surface area contributed by atoms with Crippen LogP contribution >= 0.6 is 0 Å². The second-order valence-corrected chi connectivity index (χ2v) is 12.2. The normalized spacial score (nSPS) is 11.8. The number of para-hydroxylation sites is 3. The van der Waals surface area contributed by atoms with Gasteiger partial charge in [-0.3, -0.25) is 0 Å². The largest absolute Gasteiger partial charge is 0.455 e. The van der Waals surface area contributed by atoms with Crippen LogP contribution in [-0.2, 0) is 0 Å². The van der Waals surface area contributed by atoms with E-state index in [4.69, 9.17) is 14.4 Å². The minimum absolute atomic E-state index is 0.678. The number of hydrogen-bond acceptors (Lipinski definition) is 3. The van der Waals surface area contributed by atoms with Crippen molar-refractivity contribution in [3.05, 3.63) is 164 Å². The second-order valence-electron chi connectivity index (χ2n) is 12.2. The first kappa shape index (κ1) is 26.7. The maximum absolute atomic E-state index is 6.48. The first-order chi connectivity index (χ1) is 23.8. The quantitative estimate of drug-likeness (QED) is 0.198. The lowest BCUT2D eigenvalue weighted by atomic mass is 9.97. The zero-order chi connectivity index (χ0) is 31.6. The van der Waals surface area contributed by atoms with Gasteiger partial charge < -0.3 is 8.98 Å². The third-order valence-corrected chi connectivity index (χ3v) is 9.40. The van der Waals surface area contributed by atoms with Crippen LogP contribution in [0.1, 0.15) is 0 Å². The van der Waals surface area contributed by atoms with E-state index in [1.807, 2.05) is 24.3 Å². The lowest BCUT2D eigenvalue weighted by Crippen LogP contribution is -1.96. The second kappa shape index (κ2) is 10.5. The van der Waals surface area contributed by atoms with Crippen LogP contribution in [0.5, 0.6) is 0 Å². The van der Waals surface area contributed by atoms with Gasteiger partial charge in [-0.15, -0.1) is 0 Å². The van der Waals surface area contributed by atoms with E-state index in [1.165, 1.54) is 27.4 Å². The molecule has 3 aromatic heterocycles. The maximum atomic E-state index is 6.48. The van der Waals surface area contributed by atoms with Gasteiger partial charge in [0.25, 0.3) is 0 Å². The summed E-state index contributed by atoms with van der Waals surface area (Å²) in [6.45, 7) is 0. The standard InChI is InChI=1S/C44H27N3O/c1-3-13-28(14-4-1)42-41-36(26-25-34-33-19-8-10-24-39(33)48-43(34)41)45-44(46-42)30-16-11-15-29(27-30)32-21-12-23-38-40(32)35-20-7-9-22-37(35)47(38)31-17-5-2-6-18-31/h1-27H. The Labute approximate surface area is 276 Å². The first-order valence-electron chi connectivity index (χ1n) is 16.2. The lowest BCUT2D eigenvalue weighted by Gasteiger charge is -2.12. The fraction of sp³-hybridized carbons (Fsp3) is 0. The van der Waals surface area contributed by atoms with Crippen LogP contribution in [0.4, 0.5) is 0 Å². The van der Waals surface area contributed by atoms with E-state index in [9.17, 15) is 0 Å². The van der Waals surface area contributed by atoms with Gasteiger partial charge in [0, 0.05) is 38.4 Å². The number of hydrogen-bond donors (Lipinski definition) is 0. The maximum Gasteiger partial charge on any atom is 0.160 e. The molecule has 0 bridgehead atoms. The Bertz CT molecular complexity index is 2830. The van der Waals surface area contributed by atoms with Gasteiger partial charge in [-0.1, -0.05) is 115 Å². The van der Waals surface area contributed by atoms with Crippen molar-refractivity contribution in [2.45, 2.75) is 0 Å². The van der Waals surface area contributed by atoms with Crippen molar-refractivity contribution in [2.24, 2.45) is 0 Å². The molecule has 0 spiro atoms.